The summed E-state index contributed by atoms with van der Waals surface area (Å²) in [5, 5.41) is 9.80. The topological polar surface area (TPSA) is 40.1 Å². The second-order valence-corrected chi connectivity index (χ2v) is 1.89. The Morgan fingerprint density at radius 3 is 2.70 bits per heavy atom. The van der Waals surface area contributed by atoms with Gasteiger partial charge in [0, 0.05) is 0 Å². The number of unbranched alkanes of at least 4 members (excludes halogenated alkanes) is 1. The van der Waals surface area contributed by atoms with Crippen molar-refractivity contribution in [1.82, 2.24) is 0 Å². The average Bonchev–Trinajstić information content (AvgIpc) is 1.87. The lowest BCUT2D eigenvalue weighted by atomic mass is 10.3. The van der Waals surface area contributed by atoms with Gasteiger partial charge >= 0.3 is 0 Å². The minimum absolute atomic E-state index is 0.984. The molecule has 0 fully saturated rings. The number of carbonyl (C=O) groups excluding carboxylic acids is 1. The van der Waals surface area contributed by atoms with Crippen LogP contribution in [0.1, 0.15) is 19.8 Å². The number of aliphatic carboxylic acids is 1. The smallest absolute Gasteiger partial charge is 0.0642 e. The summed E-state index contributed by atoms with van der Waals surface area (Å²) in [6.45, 7) is 2.06. The number of hydrogen-bond donors (Lipinski definition) is 0. The van der Waals surface area contributed by atoms with Gasteiger partial charge in [0.25, 0.3) is 0 Å². The summed E-state index contributed by atoms with van der Waals surface area (Å²) in [4.78, 5) is 9.80. The summed E-state index contributed by atoms with van der Waals surface area (Å²) in [6, 6.07) is 0. The van der Waals surface area contributed by atoms with Crippen molar-refractivity contribution in [2.75, 3.05) is 0 Å². The van der Waals surface area contributed by atoms with E-state index in [1.165, 1.54) is 6.08 Å². The molecule has 0 spiro atoms. The molecule has 0 N–H and O–H groups in total. The Balaban J connectivity index is 3.42. The van der Waals surface area contributed by atoms with Gasteiger partial charge in [0.05, 0.1) is 5.97 Å². The summed E-state index contributed by atoms with van der Waals surface area (Å²) in [5.41, 5.74) is 0. The number of allylic oxidation sites excluding steroid dienone is 3. The van der Waals surface area contributed by atoms with E-state index in [1.54, 1.807) is 6.08 Å². The lowest BCUT2D eigenvalue weighted by Crippen LogP contribution is -2.18. The Kier molecular flexibility index (Phi) is 5.44. The SMILES string of the molecule is CCC/C=C/C=C/C(=O)[O-]. The van der Waals surface area contributed by atoms with Crippen molar-refractivity contribution < 1.29 is 9.90 Å². The largest absolute Gasteiger partial charge is 0.545 e. The van der Waals surface area contributed by atoms with Gasteiger partial charge in [-0.15, -0.1) is 0 Å². The first-order valence-electron chi connectivity index (χ1n) is 3.31. The molecule has 0 heterocycles. The molecule has 0 aromatic heterocycles. The summed E-state index contributed by atoms with van der Waals surface area (Å²) in [6.07, 6.45) is 8.16. The van der Waals surface area contributed by atoms with Gasteiger partial charge < -0.3 is 9.90 Å². The standard InChI is InChI=1S/C8H12O2/c1-2-3-4-5-6-7-8(9)10/h4-7H,2-3H2,1H3,(H,9,10)/p-1/b5-4+,7-6+. The van der Waals surface area contributed by atoms with Crippen molar-refractivity contribution in [2.45, 2.75) is 19.8 Å². The first kappa shape index (κ1) is 8.95. The van der Waals surface area contributed by atoms with E-state index in [9.17, 15) is 9.90 Å². The van der Waals surface area contributed by atoms with E-state index >= 15 is 0 Å². The van der Waals surface area contributed by atoms with Gasteiger partial charge in [-0.25, -0.2) is 0 Å². The highest BCUT2D eigenvalue weighted by atomic mass is 16.4. The van der Waals surface area contributed by atoms with Crippen LogP contribution in [0.2, 0.25) is 0 Å². The first-order chi connectivity index (χ1) is 4.77. The van der Waals surface area contributed by atoms with Gasteiger partial charge in [-0.1, -0.05) is 31.6 Å². The first-order valence-corrected chi connectivity index (χ1v) is 3.31. The van der Waals surface area contributed by atoms with Crippen molar-refractivity contribution in [2.24, 2.45) is 0 Å². The van der Waals surface area contributed by atoms with Gasteiger partial charge in [-0.3, -0.25) is 0 Å². The Bertz CT molecular complexity index is 145. The van der Waals surface area contributed by atoms with Crippen LogP contribution in [-0.2, 0) is 4.79 Å². The van der Waals surface area contributed by atoms with Crippen molar-refractivity contribution in [1.29, 1.82) is 0 Å². The zero-order chi connectivity index (χ0) is 7.82. The van der Waals surface area contributed by atoms with E-state index in [0.717, 1.165) is 18.9 Å². The molecule has 56 valence electrons. The number of carboxylic acids is 1. The average molecular weight is 139 g/mol. The number of rotatable bonds is 4. The van der Waals surface area contributed by atoms with Crippen LogP contribution in [0.5, 0.6) is 0 Å². The predicted octanol–water partition coefficient (Wildman–Crippen LogP) is 0.649. The van der Waals surface area contributed by atoms with Crippen molar-refractivity contribution >= 4 is 5.97 Å². The van der Waals surface area contributed by atoms with Gasteiger partial charge in [-0.2, -0.15) is 0 Å². The summed E-state index contributed by atoms with van der Waals surface area (Å²) in [7, 11) is 0. The molecule has 0 amide bonds. The molecule has 0 unspecified atom stereocenters. The Morgan fingerprint density at radius 1 is 1.50 bits per heavy atom. The normalized spacial score (nSPS) is 11.3. The van der Waals surface area contributed by atoms with Crippen LogP contribution in [-0.4, -0.2) is 5.97 Å². The van der Waals surface area contributed by atoms with Crippen LogP contribution in [0.25, 0.3) is 0 Å². The van der Waals surface area contributed by atoms with E-state index in [1.807, 2.05) is 6.08 Å². The van der Waals surface area contributed by atoms with Crippen molar-refractivity contribution in [3.63, 3.8) is 0 Å². The van der Waals surface area contributed by atoms with Gasteiger partial charge in [0.15, 0.2) is 0 Å². The zero-order valence-electron chi connectivity index (χ0n) is 6.04. The lowest BCUT2D eigenvalue weighted by Gasteiger charge is -1.86. The second-order valence-electron chi connectivity index (χ2n) is 1.89. The van der Waals surface area contributed by atoms with Crippen LogP contribution in [0.4, 0.5) is 0 Å². The quantitative estimate of drug-likeness (QED) is 0.423. The van der Waals surface area contributed by atoms with E-state index < -0.39 is 5.97 Å². The number of carbonyl (C=O) groups is 1. The highest BCUT2D eigenvalue weighted by Gasteiger charge is 1.70. The van der Waals surface area contributed by atoms with Crippen molar-refractivity contribution in [3.8, 4) is 0 Å². The Morgan fingerprint density at radius 2 is 2.20 bits per heavy atom. The molecular weight excluding hydrogens is 128 g/mol. The molecule has 0 aliphatic heterocycles. The maximum Gasteiger partial charge on any atom is 0.0642 e. The third-order valence-corrected chi connectivity index (χ3v) is 0.935. The fourth-order valence-corrected chi connectivity index (χ4v) is 0.476. The van der Waals surface area contributed by atoms with Gasteiger partial charge in [-0.05, 0) is 12.5 Å². The van der Waals surface area contributed by atoms with E-state index in [4.69, 9.17) is 0 Å². The maximum atomic E-state index is 9.80. The third-order valence-electron chi connectivity index (χ3n) is 0.935. The molecule has 0 saturated heterocycles. The minimum Gasteiger partial charge on any atom is -0.545 e. The maximum absolute atomic E-state index is 9.80. The molecule has 0 rings (SSSR count). The summed E-state index contributed by atoms with van der Waals surface area (Å²) < 4.78 is 0. The molecule has 0 atom stereocenters. The molecule has 0 bridgehead atoms. The lowest BCUT2D eigenvalue weighted by molar-refractivity contribution is -0.297. The molecule has 0 radical (unpaired) electrons. The number of hydrogen-bond acceptors (Lipinski definition) is 2. The molecule has 0 aliphatic rings. The summed E-state index contributed by atoms with van der Waals surface area (Å²) >= 11 is 0. The molecule has 0 aliphatic carbocycles. The van der Waals surface area contributed by atoms with Crippen LogP contribution in [0.3, 0.4) is 0 Å². The van der Waals surface area contributed by atoms with Crippen LogP contribution in [0, 0.1) is 0 Å². The highest BCUT2D eigenvalue weighted by molar-refractivity contribution is 5.77. The highest BCUT2D eigenvalue weighted by Crippen LogP contribution is 1.87. The number of carboxylic acid groups (broad SMARTS) is 1. The van der Waals surface area contributed by atoms with Crippen LogP contribution in [0.15, 0.2) is 24.3 Å². The third kappa shape index (κ3) is 6.95. The molecular formula is C8H11O2-. The summed E-state index contributed by atoms with van der Waals surface area (Å²) in [5.74, 6) is -1.15. The van der Waals surface area contributed by atoms with Gasteiger partial charge in [0.2, 0.25) is 0 Å². The van der Waals surface area contributed by atoms with Crippen LogP contribution < -0.4 is 5.11 Å². The molecule has 2 heteroatoms. The van der Waals surface area contributed by atoms with Crippen LogP contribution >= 0.6 is 0 Å². The molecule has 0 aromatic rings. The predicted molar refractivity (Wildman–Crippen MR) is 38.2 cm³/mol. The van der Waals surface area contributed by atoms with Crippen molar-refractivity contribution in [3.05, 3.63) is 24.3 Å². The zero-order valence-corrected chi connectivity index (χ0v) is 6.04. The molecule has 0 saturated carbocycles. The second kappa shape index (κ2) is 6.08. The minimum atomic E-state index is -1.15. The molecule has 10 heavy (non-hydrogen) atoms. The molecule has 2 nitrogen and oxygen atoms in total. The molecule has 0 aromatic carbocycles. The van der Waals surface area contributed by atoms with E-state index in [0.29, 0.717) is 0 Å². The Hall–Kier alpha value is -1.05. The Labute approximate surface area is 60.9 Å². The monoisotopic (exact) mass is 139 g/mol. The van der Waals surface area contributed by atoms with E-state index in [2.05, 4.69) is 6.92 Å². The van der Waals surface area contributed by atoms with Gasteiger partial charge in [0.1, 0.15) is 0 Å². The fourth-order valence-electron chi connectivity index (χ4n) is 0.476. The fraction of sp³-hybridized carbons (Fsp3) is 0.375. The van der Waals surface area contributed by atoms with E-state index in [-0.39, 0.29) is 0 Å².